The zero-order chi connectivity index (χ0) is 13.8. The Morgan fingerprint density at radius 2 is 2.16 bits per heavy atom. The van der Waals surface area contributed by atoms with Gasteiger partial charge in [-0.15, -0.1) is 0 Å². The van der Waals surface area contributed by atoms with Crippen LogP contribution in [0, 0.1) is 0 Å². The topological polar surface area (TPSA) is 45.3 Å². The van der Waals surface area contributed by atoms with E-state index in [1.54, 1.807) is 12.0 Å². The van der Waals surface area contributed by atoms with Gasteiger partial charge in [0.2, 0.25) is 0 Å². The van der Waals surface area contributed by atoms with Crippen LogP contribution >= 0.6 is 0 Å². The molecule has 1 aromatic heterocycles. The van der Waals surface area contributed by atoms with E-state index >= 15 is 0 Å². The lowest BCUT2D eigenvalue weighted by Crippen LogP contribution is -2.27. The molecule has 0 radical (unpaired) electrons. The maximum Gasteiger partial charge on any atom is 0.270 e. The molecule has 1 aromatic carbocycles. The van der Waals surface area contributed by atoms with Crippen molar-refractivity contribution in [2.24, 2.45) is 0 Å². The van der Waals surface area contributed by atoms with Crippen LogP contribution < -0.4 is 4.74 Å². The number of unbranched alkanes of at least 4 members (excludes halogenated alkanes) is 1. The van der Waals surface area contributed by atoms with E-state index in [1.807, 2.05) is 31.3 Å². The standard InChI is InChI=1S/C15H20N2O2/c1-4-5-8-17(2)15(18)14-10-11-9-12(19-3)6-7-13(11)16-14/h6-7,9-10,16H,4-5,8H2,1-3H3. The molecule has 19 heavy (non-hydrogen) atoms. The van der Waals surface area contributed by atoms with Gasteiger partial charge in [0.1, 0.15) is 11.4 Å². The number of amides is 1. The highest BCUT2D eigenvalue weighted by Gasteiger charge is 2.14. The predicted molar refractivity (Wildman–Crippen MR) is 76.7 cm³/mol. The monoisotopic (exact) mass is 260 g/mol. The smallest absolute Gasteiger partial charge is 0.270 e. The number of aromatic amines is 1. The van der Waals surface area contributed by atoms with E-state index in [4.69, 9.17) is 4.74 Å². The van der Waals surface area contributed by atoms with Gasteiger partial charge in [0, 0.05) is 24.5 Å². The minimum Gasteiger partial charge on any atom is -0.497 e. The van der Waals surface area contributed by atoms with Crippen LogP contribution in [-0.2, 0) is 0 Å². The first-order valence-electron chi connectivity index (χ1n) is 6.58. The molecule has 0 aliphatic rings. The van der Waals surface area contributed by atoms with Crippen molar-refractivity contribution in [3.8, 4) is 5.75 Å². The van der Waals surface area contributed by atoms with Crippen molar-refractivity contribution in [1.82, 2.24) is 9.88 Å². The molecule has 0 unspecified atom stereocenters. The van der Waals surface area contributed by atoms with E-state index in [0.717, 1.165) is 36.0 Å². The largest absolute Gasteiger partial charge is 0.497 e. The Kier molecular flexibility index (Phi) is 4.10. The number of nitrogens with one attached hydrogen (secondary N) is 1. The van der Waals surface area contributed by atoms with E-state index < -0.39 is 0 Å². The highest BCUT2D eigenvalue weighted by molar-refractivity contribution is 5.98. The number of benzene rings is 1. The fourth-order valence-electron chi connectivity index (χ4n) is 2.06. The van der Waals surface area contributed by atoms with Gasteiger partial charge in [0.15, 0.2) is 0 Å². The van der Waals surface area contributed by atoms with E-state index in [0.29, 0.717) is 5.69 Å². The molecule has 0 aliphatic carbocycles. The lowest BCUT2D eigenvalue weighted by atomic mass is 10.2. The van der Waals surface area contributed by atoms with Gasteiger partial charge in [0.05, 0.1) is 7.11 Å². The molecule has 1 amide bonds. The average molecular weight is 260 g/mol. The Labute approximate surface area is 113 Å². The molecule has 2 aromatic rings. The summed E-state index contributed by atoms with van der Waals surface area (Å²) >= 11 is 0. The summed E-state index contributed by atoms with van der Waals surface area (Å²) in [5.41, 5.74) is 1.58. The van der Waals surface area contributed by atoms with Crippen molar-refractivity contribution in [3.05, 3.63) is 30.0 Å². The third kappa shape index (κ3) is 2.89. The summed E-state index contributed by atoms with van der Waals surface area (Å²) in [5, 5.41) is 0.992. The summed E-state index contributed by atoms with van der Waals surface area (Å²) in [6.45, 7) is 2.90. The summed E-state index contributed by atoms with van der Waals surface area (Å²) in [7, 11) is 3.47. The first-order chi connectivity index (χ1) is 9.15. The lowest BCUT2D eigenvalue weighted by molar-refractivity contribution is 0.0788. The summed E-state index contributed by atoms with van der Waals surface area (Å²) in [6.07, 6.45) is 2.11. The van der Waals surface area contributed by atoms with Crippen LogP contribution in [0.25, 0.3) is 10.9 Å². The maximum atomic E-state index is 12.2. The number of carbonyl (C=O) groups excluding carboxylic acids is 1. The summed E-state index contributed by atoms with van der Waals surface area (Å²) in [4.78, 5) is 17.2. The second-order valence-corrected chi connectivity index (χ2v) is 4.72. The second-order valence-electron chi connectivity index (χ2n) is 4.72. The molecule has 0 saturated heterocycles. The summed E-state index contributed by atoms with van der Waals surface area (Å²) in [5.74, 6) is 0.827. The van der Waals surface area contributed by atoms with Gasteiger partial charge in [-0.2, -0.15) is 0 Å². The minimum absolute atomic E-state index is 0.0311. The highest BCUT2D eigenvalue weighted by atomic mass is 16.5. The van der Waals surface area contributed by atoms with Gasteiger partial charge in [0.25, 0.3) is 5.91 Å². The van der Waals surface area contributed by atoms with E-state index in [-0.39, 0.29) is 5.91 Å². The number of ether oxygens (including phenoxy) is 1. The van der Waals surface area contributed by atoms with Crippen LogP contribution in [0.2, 0.25) is 0 Å². The molecule has 4 heteroatoms. The number of hydrogen-bond donors (Lipinski definition) is 1. The van der Waals surface area contributed by atoms with Crippen molar-refractivity contribution in [2.45, 2.75) is 19.8 Å². The number of aromatic nitrogens is 1. The fourth-order valence-corrected chi connectivity index (χ4v) is 2.06. The molecule has 1 N–H and O–H groups in total. The molecule has 0 fully saturated rings. The van der Waals surface area contributed by atoms with Crippen molar-refractivity contribution >= 4 is 16.8 Å². The van der Waals surface area contributed by atoms with Gasteiger partial charge in [-0.1, -0.05) is 13.3 Å². The number of nitrogens with zero attached hydrogens (tertiary/aromatic N) is 1. The number of carbonyl (C=O) groups is 1. The Bertz CT molecular complexity index is 575. The normalized spacial score (nSPS) is 10.7. The first-order valence-corrected chi connectivity index (χ1v) is 6.58. The van der Waals surface area contributed by atoms with Crippen molar-refractivity contribution in [2.75, 3.05) is 20.7 Å². The number of hydrogen-bond acceptors (Lipinski definition) is 2. The molecule has 2 rings (SSSR count). The first kappa shape index (κ1) is 13.5. The number of fused-ring (bicyclic) bond motifs is 1. The quantitative estimate of drug-likeness (QED) is 0.898. The number of rotatable bonds is 5. The Morgan fingerprint density at radius 1 is 1.37 bits per heavy atom. The van der Waals surface area contributed by atoms with Crippen LogP contribution in [0.1, 0.15) is 30.3 Å². The molecule has 0 bridgehead atoms. The zero-order valence-electron chi connectivity index (χ0n) is 11.7. The fraction of sp³-hybridized carbons (Fsp3) is 0.400. The summed E-state index contributed by atoms with van der Waals surface area (Å²) in [6, 6.07) is 7.61. The van der Waals surface area contributed by atoms with Gasteiger partial charge < -0.3 is 14.6 Å². The van der Waals surface area contributed by atoms with Crippen LogP contribution in [0.3, 0.4) is 0 Å². The van der Waals surface area contributed by atoms with Gasteiger partial charge in [-0.05, 0) is 30.7 Å². The van der Waals surface area contributed by atoms with Crippen LogP contribution in [0.4, 0.5) is 0 Å². The molecule has 0 atom stereocenters. The Balaban J connectivity index is 2.22. The molecule has 0 saturated carbocycles. The molecule has 0 aliphatic heterocycles. The molecule has 0 spiro atoms. The van der Waals surface area contributed by atoms with Crippen molar-refractivity contribution in [1.29, 1.82) is 0 Å². The Morgan fingerprint density at radius 3 is 2.84 bits per heavy atom. The minimum atomic E-state index is 0.0311. The number of methoxy groups -OCH3 is 1. The highest BCUT2D eigenvalue weighted by Crippen LogP contribution is 2.21. The number of H-pyrrole nitrogens is 1. The van der Waals surface area contributed by atoms with Gasteiger partial charge >= 0.3 is 0 Å². The SMILES string of the molecule is CCCCN(C)C(=O)c1cc2cc(OC)ccc2[nH]1. The van der Waals surface area contributed by atoms with E-state index in [2.05, 4.69) is 11.9 Å². The van der Waals surface area contributed by atoms with Crippen LogP contribution in [0.5, 0.6) is 5.75 Å². The van der Waals surface area contributed by atoms with Gasteiger partial charge in [-0.3, -0.25) is 4.79 Å². The second kappa shape index (κ2) is 5.78. The third-order valence-corrected chi connectivity index (χ3v) is 3.25. The van der Waals surface area contributed by atoms with E-state index in [1.165, 1.54) is 0 Å². The maximum absolute atomic E-state index is 12.2. The third-order valence-electron chi connectivity index (χ3n) is 3.25. The molecule has 1 heterocycles. The lowest BCUT2D eigenvalue weighted by Gasteiger charge is -2.15. The predicted octanol–water partition coefficient (Wildman–Crippen LogP) is 3.05. The zero-order valence-corrected chi connectivity index (χ0v) is 11.7. The molecular formula is C15H20N2O2. The van der Waals surface area contributed by atoms with Crippen molar-refractivity contribution < 1.29 is 9.53 Å². The average Bonchev–Trinajstić information content (AvgIpc) is 2.86. The van der Waals surface area contributed by atoms with E-state index in [9.17, 15) is 4.79 Å². The molecule has 4 nitrogen and oxygen atoms in total. The van der Waals surface area contributed by atoms with Crippen LogP contribution in [-0.4, -0.2) is 36.5 Å². The molecule has 102 valence electrons. The van der Waals surface area contributed by atoms with Gasteiger partial charge in [-0.25, -0.2) is 0 Å². The van der Waals surface area contributed by atoms with Crippen LogP contribution in [0.15, 0.2) is 24.3 Å². The molecular weight excluding hydrogens is 240 g/mol. The Hall–Kier alpha value is -1.97. The van der Waals surface area contributed by atoms with Crippen molar-refractivity contribution in [3.63, 3.8) is 0 Å². The summed E-state index contributed by atoms with van der Waals surface area (Å²) < 4.78 is 5.18.